The highest BCUT2D eigenvalue weighted by Gasteiger charge is 2.14. The summed E-state index contributed by atoms with van der Waals surface area (Å²) in [5.41, 5.74) is 0.325. The molecule has 0 heterocycles. The second-order valence-electron chi connectivity index (χ2n) is 4.56. The van der Waals surface area contributed by atoms with E-state index in [1.54, 1.807) is 12.1 Å². The van der Waals surface area contributed by atoms with Crippen molar-refractivity contribution < 1.29 is 29.3 Å². The summed E-state index contributed by atoms with van der Waals surface area (Å²) in [7, 11) is 2.94. The zero-order valence-corrected chi connectivity index (χ0v) is 12.5. The van der Waals surface area contributed by atoms with Gasteiger partial charge in [-0.05, 0) is 36.4 Å². The summed E-state index contributed by atoms with van der Waals surface area (Å²) in [5.74, 6) is -1.11. The first-order valence-electron chi connectivity index (χ1n) is 6.56. The Hall–Kier alpha value is -3.22. The van der Waals surface area contributed by atoms with Crippen LogP contribution in [0.15, 0.2) is 36.4 Å². The molecule has 0 unspecified atom stereocenters. The van der Waals surface area contributed by atoms with Crippen molar-refractivity contribution in [3.63, 3.8) is 0 Å². The molecule has 23 heavy (non-hydrogen) atoms. The third-order valence-corrected chi connectivity index (χ3v) is 3.14. The van der Waals surface area contributed by atoms with Crippen LogP contribution in [0.25, 0.3) is 0 Å². The van der Waals surface area contributed by atoms with Gasteiger partial charge in [0.25, 0.3) is 5.91 Å². The standard InChI is InChI=1S/C16H15NO6/c1-22-13-6-4-9(8-14(13)23-2)15(19)17-11-5-3-10(16(20)21)7-12(11)18/h3-8,18H,1-2H3,(H,17,19)(H,20,21). The summed E-state index contributed by atoms with van der Waals surface area (Å²) in [6, 6.07) is 8.29. The molecule has 0 fully saturated rings. The van der Waals surface area contributed by atoms with E-state index < -0.39 is 11.9 Å². The number of aromatic carboxylic acids is 1. The molecule has 0 aliphatic heterocycles. The number of hydrogen-bond donors (Lipinski definition) is 3. The van der Waals surface area contributed by atoms with Gasteiger partial charge in [-0.15, -0.1) is 0 Å². The number of nitrogens with one attached hydrogen (secondary N) is 1. The van der Waals surface area contributed by atoms with Crippen LogP contribution in [-0.2, 0) is 0 Å². The second kappa shape index (κ2) is 6.69. The summed E-state index contributed by atoms with van der Waals surface area (Å²) < 4.78 is 10.2. The van der Waals surface area contributed by atoms with Crippen molar-refractivity contribution in [1.29, 1.82) is 0 Å². The minimum atomic E-state index is -1.17. The van der Waals surface area contributed by atoms with Crippen LogP contribution in [0, 0.1) is 0 Å². The lowest BCUT2D eigenvalue weighted by atomic mass is 10.1. The fourth-order valence-electron chi connectivity index (χ4n) is 1.94. The first kappa shape index (κ1) is 16.2. The molecule has 0 aromatic heterocycles. The third-order valence-electron chi connectivity index (χ3n) is 3.14. The third kappa shape index (κ3) is 3.52. The van der Waals surface area contributed by atoms with Crippen molar-refractivity contribution in [3.05, 3.63) is 47.5 Å². The maximum absolute atomic E-state index is 12.2. The summed E-state index contributed by atoms with van der Waals surface area (Å²) in [6.45, 7) is 0. The van der Waals surface area contributed by atoms with E-state index in [0.717, 1.165) is 6.07 Å². The van der Waals surface area contributed by atoms with Crippen LogP contribution in [0.5, 0.6) is 17.2 Å². The molecule has 7 nitrogen and oxygen atoms in total. The van der Waals surface area contributed by atoms with Gasteiger partial charge in [0.2, 0.25) is 0 Å². The SMILES string of the molecule is COc1ccc(C(=O)Nc2ccc(C(=O)O)cc2O)cc1OC. The highest BCUT2D eigenvalue weighted by atomic mass is 16.5. The van der Waals surface area contributed by atoms with Crippen LogP contribution in [0.2, 0.25) is 0 Å². The van der Waals surface area contributed by atoms with E-state index in [4.69, 9.17) is 14.6 Å². The molecule has 2 aromatic rings. The average Bonchev–Trinajstić information content (AvgIpc) is 2.55. The van der Waals surface area contributed by atoms with Gasteiger partial charge < -0.3 is 25.0 Å². The lowest BCUT2D eigenvalue weighted by Gasteiger charge is -2.11. The maximum Gasteiger partial charge on any atom is 0.335 e. The molecule has 0 atom stereocenters. The Kier molecular flexibility index (Phi) is 4.70. The fourth-order valence-corrected chi connectivity index (χ4v) is 1.94. The van der Waals surface area contributed by atoms with Crippen LogP contribution in [0.1, 0.15) is 20.7 Å². The highest BCUT2D eigenvalue weighted by Crippen LogP contribution is 2.29. The monoisotopic (exact) mass is 317 g/mol. The Morgan fingerprint density at radius 3 is 2.17 bits per heavy atom. The summed E-state index contributed by atoms with van der Waals surface area (Å²) in [6.07, 6.45) is 0. The first-order valence-corrected chi connectivity index (χ1v) is 6.56. The Labute approximate surface area is 132 Å². The van der Waals surface area contributed by atoms with Crippen LogP contribution < -0.4 is 14.8 Å². The van der Waals surface area contributed by atoms with E-state index in [1.165, 1.54) is 32.4 Å². The number of carbonyl (C=O) groups is 2. The quantitative estimate of drug-likeness (QED) is 0.731. The molecule has 2 aromatic carbocycles. The van der Waals surface area contributed by atoms with Crippen molar-refractivity contribution in [3.8, 4) is 17.2 Å². The minimum Gasteiger partial charge on any atom is -0.506 e. The summed E-state index contributed by atoms with van der Waals surface area (Å²) >= 11 is 0. The number of methoxy groups -OCH3 is 2. The number of phenols is 1. The van der Waals surface area contributed by atoms with Gasteiger partial charge in [-0.3, -0.25) is 4.79 Å². The number of hydrogen-bond acceptors (Lipinski definition) is 5. The number of aromatic hydroxyl groups is 1. The zero-order chi connectivity index (χ0) is 17.0. The van der Waals surface area contributed by atoms with E-state index in [2.05, 4.69) is 5.32 Å². The number of phenolic OH excluding ortho intramolecular Hbond substituents is 1. The van der Waals surface area contributed by atoms with Crippen molar-refractivity contribution >= 4 is 17.6 Å². The first-order chi connectivity index (χ1) is 11.0. The van der Waals surface area contributed by atoms with Crippen LogP contribution in [0.4, 0.5) is 5.69 Å². The second-order valence-corrected chi connectivity index (χ2v) is 4.56. The van der Waals surface area contributed by atoms with Gasteiger partial charge >= 0.3 is 5.97 Å². The topological polar surface area (TPSA) is 105 Å². The lowest BCUT2D eigenvalue weighted by Crippen LogP contribution is -2.12. The molecule has 1 amide bonds. The van der Waals surface area contributed by atoms with Crippen molar-refractivity contribution in [1.82, 2.24) is 0 Å². The van der Waals surface area contributed by atoms with Crippen LogP contribution >= 0.6 is 0 Å². The van der Waals surface area contributed by atoms with E-state index in [0.29, 0.717) is 17.1 Å². The van der Waals surface area contributed by atoms with Crippen molar-refractivity contribution in [2.75, 3.05) is 19.5 Å². The molecule has 0 saturated heterocycles. The molecule has 0 saturated carbocycles. The fraction of sp³-hybridized carbons (Fsp3) is 0.125. The van der Waals surface area contributed by atoms with E-state index in [1.807, 2.05) is 0 Å². The maximum atomic E-state index is 12.2. The van der Waals surface area contributed by atoms with Gasteiger partial charge in [0.15, 0.2) is 11.5 Å². The number of carboxylic acid groups (broad SMARTS) is 1. The van der Waals surface area contributed by atoms with Gasteiger partial charge in [-0.1, -0.05) is 0 Å². The lowest BCUT2D eigenvalue weighted by molar-refractivity contribution is 0.0696. The molecule has 0 bridgehead atoms. The van der Waals surface area contributed by atoms with E-state index in [-0.39, 0.29) is 17.0 Å². The van der Waals surface area contributed by atoms with Crippen molar-refractivity contribution in [2.24, 2.45) is 0 Å². The molecule has 0 spiro atoms. The smallest absolute Gasteiger partial charge is 0.335 e. The number of carboxylic acids is 1. The number of carbonyl (C=O) groups excluding carboxylic acids is 1. The molecule has 2 rings (SSSR count). The summed E-state index contributed by atoms with van der Waals surface area (Å²) in [5, 5.41) is 21.1. The molecule has 0 radical (unpaired) electrons. The van der Waals surface area contributed by atoms with Gasteiger partial charge in [-0.2, -0.15) is 0 Å². The van der Waals surface area contributed by atoms with Crippen molar-refractivity contribution in [2.45, 2.75) is 0 Å². The zero-order valence-electron chi connectivity index (χ0n) is 12.5. The van der Waals surface area contributed by atoms with Crippen LogP contribution in [0.3, 0.4) is 0 Å². The van der Waals surface area contributed by atoms with Gasteiger partial charge in [0.1, 0.15) is 5.75 Å². The largest absolute Gasteiger partial charge is 0.506 e. The minimum absolute atomic E-state index is 0.0772. The molecule has 7 heteroatoms. The van der Waals surface area contributed by atoms with Gasteiger partial charge in [0, 0.05) is 5.56 Å². The number of anilines is 1. The molecule has 3 N–H and O–H groups in total. The van der Waals surface area contributed by atoms with E-state index >= 15 is 0 Å². The molecule has 120 valence electrons. The number of benzene rings is 2. The molecule has 0 aliphatic rings. The Morgan fingerprint density at radius 1 is 0.957 bits per heavy atom. The molecule has 0 aliphatic carbocycles. The summed E-state index contributed by atoms with van der Waals surface area (Å²) in [4.78, 5) is 23.0. The molecular formula is C16H15NO6. The Morgan fingerprint density at radius 2 is 1.61 bits per heavy atom. The normalized spacial score (nSPS) is 10.0. The highest BCUT2D eigenvalue weighted by molar-refractivity contribution is 6.05. The Bertz CT molecular complexity index is 756. The van der Waals surface area contributed by atoms with Crippen LogP contribution in [-0.4, -0.2) is 36.3 Å². The molecular weight excluding hydrogens is 302 g/mol. The predicted molar refractivity (Wildman–Crippen MR) is 82.6 cm³/mol. The predicted octanol–water partition coefficient (Wildman–Crippen LogP) is 2.36. The van der Waals surface area contributed by atoms with Gasteiger partial charge in [0.05, 0.1) is 25.5 Å². The van der Waals surface area contributed by atoms with Gasteiger partial charge in [-0.25, -0.2) is 4.79 Å². The average molecular weight is 317 g/mol. The number of rotatable bonds is 5. The number of ether oxygens (including phenoxy) is 2. The number of amides is 1. The van der Waals surface area contributed by atoms with E-state index in [9.17, 15) is 14.7 Å². The Balaban J connectivity index is 2.24.